The molecule has 0 saturated heterocycles. The first kappa shape index (κ1) is 15.2. The molecule has 1 unspecified atom stereocenters. The quantitative estimate of drug-likeness (QED) is 0.802. The summed E-state index contributed by atoms with van der Waals surface area (Å²) in [5.74, 6) is -0.132. The molecule has 110 valence electrons. The van der Waals surface area contributed by atoms with Crippen molar-refractivity contribution in [1.82, 2.24) is 5.48 Å². The minimum atomic E-state index is -0.435. The van der Waals surface area contributed by atoms with E-state index >= 15 is 0 Å². The van der Waals surface area contributed by atoms with Crippen LogP contribution in [0.5, 0.6) is 0 Å². The highest BCUT2D eigenvalue weighted by Crippen LogP contribution is 2.09. The second-order valence-corrected chi connectivity index (χ2v) is 4.97. The fourth-order valence-corrected chi connectivity index (χ4v) is 1.77. The van der Waals surface area contributed by atoms with Gasteiger partial charge in [-0.25, -0.2) is 0 Å². The predicted octanol–water partition coefficient (Wildman–Crippen LogP) is 3.04. The molecule has 2 aromatic carbocycles. The third-order valence-corrected chi connectivity index (χ3v) is 3.05. The maximum absolute atomic E-state index is 12.0. The molecule has 0 aromatic heterocycles. The van der Waals surface area contributed by atoms with Crippen molar-refractivity contribution in [1.29, 1.82) is 0 Å². The lowest BCUT2D eigenvalue weighted by molar-refractivity contribution is -0.122. The van der Waals surface area contributed by atoms with Crippen molar-refractivity contribution in [2.45, 2.75) is 26.5 Å². The summed E-state index contributed by atoms with van der Waals surface area (Å²) in [5.41, 5.74) is 5.74. The van der Waals surface area contributed by atoms with Crippen molar-refractivity contribution in [3.8, 4) is 0 Å². The number of amides is 1. The highest BCUT2D eigenvalue weighted by atomic mass is 16.6. The van der Waals surface area contributed by atoms with Gasteiger partial charge in [0.15, 0.2) is 0 Å². The van der Waals surface area contributed by atoms with E-state index in [1.807, 2.05) is 61.5 Å². The normalized spacial score (nSPS) is 11.9. The smallest absolute Gasteiger partial charge is 0.243 e. The van der Waals surface area contributed by atoms with Crippen molar-refractivity contribution in [3.63, 3.8) is 0 Å². The molecule has 0 saturated carbocycles. The molecule has 2 aromatic rings. The predicted molar refractivity (Wildman–Crippen MR) is 83.6 cm³/mol. The lowest BCUT2D eigenvalue weighted by Crippen LogP contribution is -2.37. The van der Waals surface area contributed by atoms with Gasteiger partial charge in [-0.3, -0.25) is 9.63 Å². The number of carbonyl (C=O) groups excluding carboxylic acids is 1. The fourth-order valence-electron chi connectivity index (χ4n) is 1.77. The summed E-state index contributed by atoms with van der Waals surface area (Å²) in [6, 6.07) is 17.0. The topological polar surface area (TPSA) is 50.4 Å². The Morgan fingerprint density at radius 2 is 1.76 bits per heavy atom. The number of rotatable bonds is 6. The molecule has 2 N–H and O–H groups in total. The van der Waals surface area contributed by atoms with Crippen LogP contribution in [0.3, 0.4) is 0 Å². The van der Waals surface area contributed by atoms with Gasteiger partial charge in [0.05, 0.1) is 6.61 Å². The molecule has 0 aliphatic heterocycles. The summed E-state index contributed by atoms with van der Waals surface area (Å²) < 4.78 is 0. The Kier molecular flexibility index (Phi) is 5.49. The molecule has 0 heterocycles. The SMILES string of the molecule is Cc1ccc(NC(=O)C(C)NOCc2ccccc2)cc1. The van der Waals surface area contributed by atoms with E-state index in [0.717, 1.165) is 16.8 Å². The molecule has 0 aliphatic carbocycles. The van der Waals surface area contributed by atoms with Crippen LogP contribution in [0.4, 0.5) is 5.69 Å². The Labute approximate surface area is 125 Å². The van der Waals surface area contributed by atoms with Gasteiger partial charge in [0.25, 0.3) is 0 Å². The Hall–Kier alpha value is -2.17. The van der Waals surface area contributed by atoms with Gasteiger partial charge in [0, 0.05) is 5.69 Å². The van der Waals surface area contributed by atoms with E-state index in [4.69, 9.17) is 4.84 Å². The van der Waals surface area contributed by atoms with Crippen LogP contribution in [0.25, 0.3) is 0 Å². The summed E-state index contributed by atoms with van der Waals surface area (Å²) in [6.45, 7) is 4.19. The molecular formula is C17H20N2O2. The zero-order chi connectivity index (χ0) is 15.1. The first-order valence-electron chi connectivity index (χ1n) is 6.94. The second kappa shape index (κ2) is 7.57. The molecule has 0 spiro atoms. The van der Waals surface area contributed by atoms with Crippen LogP contribution in [-0.2, 0) is 16.2 Å². The van der Waals surface area contributed by atoms with Gasteiger partial charge in [-0.05, 0) is 31.5 Å². The highest BCUT2D eigenvalue weighted by Gasteiger charge is 2.12. The van der Waals surface area contributed by atoms with E-state index in [0.29, 0.717) is 6.61 Å². The molecule has 0 radical (unpaired) electrons. The van der Waals surface area contributed by atoms with Crippen LogP contribution >= 0.6 is 0 Å². The first-order valence-corrected chi connectivity index (χ1v) is 6.94. The molecule has 4 nitrogen and oxygen atoms in total. The summed E-state index contributed by atoms with van der Waals surface area (Å²) in [7, 11) is 0. The van der Waals surface area contributed by atoms with Gasteiger partial charge in [-0.1, -0.05) is 48.0 Å². The van der Waals surface area contributed by atoms with Gasteiger partial charge in [-0.15, -0.1) is 0 Å². The summed E-state index contributed by atoms with van der Waals surface area (Å²) in [6.07, 6.45) is 0. The Bertz CT molecular complexity index is 567. The van der Waals surface area contributed by atoms with Gasteiger partial charge in [0.2, 0.25) is 5.91 Å². The lowest BCUT2D eigenvalue weighted by atomic mass is 10.2. The monoisotopic (exact) mass is 284 g/mol. The maximum Gasteiger partial charge on any atom is 0.243 e. The molecule has 4 heteroatoms. The van der Waals surface area contributed by atoms with Crippen molar-refractivity contribution >= 4 is 11.6 Å². The van der Waals surface area contributed by atoms with Gasteiger partial charge < -0.3 is 5.32 Å². The van der Waals surface area contributed by atoms with Crippen molar-refractivity contribution in [3.05, 3.63) is 65.7 Å². The minimum absolute atomic E-state index is 0.132. The molecule has 21 heavy (non-hydrogen) atoms. The maximum atomic E-state index is 12.0. The molecule has 0 fully saturated rings. The first-order chi connectivity index (χ1) is 10.1. The number of aryl methyl sites for hydroxylation is 1. The zero-order valence-corrected chi connectivity index (χ0v) is 12.3. The van der Waals surface area contributed by atoms with Crippen LogP contribution in [-0.4, -0.2) is 11.9 Å². The number of benzene rings is 2. The number of nitrogens with one attached hydrogen (secondary N) is 2. The third kappa shape index (κ3) is 5.02. The van der Waals surface area contributed by atoms with Crippen molar-refractivity contribution < 1.29 is 9.63 Å². The Morgan fingerprint density at radius 1 is 1.10 bits per heavy atom. The van der Waals surface area contributed by atoms with Crippen LogP contribution in [0.1, 0.15) is 18.1 Å². The van der Waals surface area contributed by atoms with Crippen LogP contribution in [0.15, 0.2) is 54.6 Å². The van der Waals surface area contributed by atoms with Crippen LogP contribution in [0, 0.1) is 6.92 Å². The van der Waals surface area contributed by atoms with Gasteiger partial charge >= 0.3 is 0 Å². The van der Waals surface area contributed by atoms with E-state index in [2.05, 4.69) is 10.8 Å². The van der Waals surface area contributed by atoms with Gasteiger partial charge in [-0.2, -0.15) is 5.48 Å². The highest BCUT2D eigenvalue weighted by molar-refractivity contribution is 5.94. The van der Waals surface area contributed by atoms with E-state index in [1.165, 1.54) is 0 Å². The van der Waals surface area contributed by atoms with Crippen LogP contribution in [0.2, 0.25) is 0 Å². The number of anilines is 1. The third-order valence-electron chi connectivity index (χ3n) is 3.05. The standard InChI is InChI=1S/C17H20N2O2/c1-13-8-10-16(11-9-13)18-17(20)14(2)19-21-12-15-6-4-3-5-7-15/h3-11,14,19H,12H2,1-2H3,(H,18,20). The van der Waals surface area contributed by atoms with Gasteiger partial charge in [0.1, 0.15) is 6.04 Å². The molecule has 0 aliphatic rings. The summed E-state index contributed by atoms with van der Waals surface area (Å²) in [5, 5.41) is 2.84. The minimum Gasteiger partial charge on any atom is -0.325 e. The Morgan fingerprint density at radius 3 is 2.43 bits per heavy atom. The Balaban J connectivity index is 1.76. The van der Waals surface area contributed by atoms with E-state index < -0.39 is 6.04 Å². The van der Waals surface area contributed by atoms with E-state index in [1.54, 1.807) is 6.92 Å². The number of hydroxylamine groups is 1. The molecule has 1 atom stereocenters. The second-order valence-electron chi connectivity index (χ2n) is 4.97. The zero-order valence-electron chi connectivity index (χ0n) is 12.3. The number of hydrogen-bond donors (Lipinski definition) is 2. The lowest BCUT2D eigenvalue weighted by Gasteiger charge is -2.14. The largest absolute Gasteiger partial charge is 0.325 e. The average molecular weight is 284 g/mol. The van der Waals surface area contributed by atoms with Crippen LogP contribution < -0.4 is 10.8 Å². The summed E-state index contributed by atoms with van der Waals surface area (Å²) in [4.78, 5) is 17.3. The fraction of sp³-hybridized carbons (Fsp3) is 0.235. The molecule has 2 rings (SSSR count). The molecule has 0 bridgehead atoms. The van der Waals surface area contributed by atoms with E-state index in [-0.39, 0.29) is 5.91 Å². The van der Waals surface area contributed by atoms with Crippen molar-refractivity contribution in [2.24, 2.45) is 0 Å². The number of hydrogen-bond acceptors (Lipinski definition) is 3. The number of carbonyl (C=O) groups is 1. The molecular weight excluding hydrogens is 264 g/mol. The molecule has 1 amide bonds. The van der Waals surface area contributed by atoms with E-state index in [9.17, 15) is 4.79 Å². The average Bonchev–Trinajstić information content (AvgIpc) is 2.50. The van der Waals surface area contributed by atoms with Crippen molar-refractivity contribution in [2.75, 3.05) is 5.32 Å². The summed E-state index contributed by atoms with van der Waals surface area (Å²) >= 11 is 0.